The Balaban J connectivity index is 1.73. The summed E-state index contributed by atoms with van der Waals surface area (Å²) in [6.07, 6.45) is -2.36. The van der Waals surface area contributed by atoms with Crippen LogP contribution in [-0.4, -0.2) is 44.4 Å². The van der Waals surface area contributed by atoms with Gasteiger partial charge in [-0.3, -0.25) is 4.79 Å². The van der Waals surface area contributed by atoms with Gasteiger partial charge < -0.3 is 15.0 Å². The van der Waals surface area contributed by atoms with Crippen LogP contribution in [0, 0.1) is 0 Å². The molecule has 0 saturated carbocycles. The van der Waals surface area contributed by atoms with E-state index in [-0.39, 0.29) is 27.6 Å². The Kier molecular flexibility index (Phi) is 5.83. The van der Waals surface area contributed by atoms with E-state index in [9.17, 15) is 23.1 Å². The third-order valence-electron chi connectivity index (χ3n) is 5.67. The molecule has 2 aromatic rings. The molecular formula is C20H23F3N2O2S2. The summed E-state index contributed by atoms with van der Waals surface area (Å²) in [7, 11) is 0. The molecule has 0 aliphatic carbocycles. The third-order valence-corrected chi connectivity index (χ3v) is 8.75. The lowest BCUT2D eigenvalue weighted by Crippen LogP contribution is -2.46. The molecule has 0 radical (unpaired) electrons. The maximum atomic E-state index is 13.5. The number of halogens is 3. The third kappa shape index (κ3) is 4.14. The number of hydrogen-bond donors (Lipinski definition) is 2. The van der Waals surface area contributed by atoms with Crippen molar-refractivity contribution in [2.24, 2.45) is 0 Å². The lowest BCUT2D eigenvalue weighted by molar-refractivity contribution is -0.136. The van der Waals surface area contributed by atoms with Gasteiger partial charge in [0, 0.05) is 28.7 Å². The molecule has 0 unspecified atom stereocenters. The number of hydrogen-bond acceptors (Lipinski definition) is 5. The highest BCUT2D eigenvalue weighted by Gasteiger charge is 2.40. The summed E-state index contributed by atoms with van der Waals surface area (Å²) in [5, 5.41) is 11.0. The van der Waals surface area contributed by atoms with E-state index in [2.05, 4.69) is 9.88 Å². The standard InChI is InChI=1S/C20H23F3N2O2S2/c1-11-3-6-16(18(27)19-28-7-2-8-29-19)25(11)12-4-5-15-13(9-12)14(20(21,22)23)10-17(26)24-15/h4-5,9-11,16,18-19,27H,2-3,6-8H2,1H3,(H,24,26)/t11-,16-,18-/m1/s1. The molecule has 9 heteroatoms. The fourth-order valence-electron chi connectivity index (χ4n) is 4.32. The number of anilines is 1. The predicted molar refractivity (Wildman–Crippen MR) is 114 cm³/mol. The molecular weight excluding hydrogens is 421 g/mol. The first kappa shape index (κ1) is 20.9. The summed E-state index contributed by atoms with van der Waals surface area (Å²) in [5.74, 6) is 2.05. The molecule has 3 heterocycles. The van der Waals surface area contributed by atoms with Crippen LogP contribution < -0.4 is 10.5 Å². The van der Waals surface area contributed by atoms with Crippen LogP contribution in [0.15, 0.2) is 29.1 Å². The minimum absolute atomic E-state index is 0.0247. The summed E-state index contributed by atoms with van der Waals surface area (Å²) in [6.45, 7) is 2.04. The molecule has 2 aliphatic rings. The van der Waals surface area contributed by atoms with Crippen molar-refractivity contribution in [2.75, 3.05) is 16.4 Å². The number of benzene rings is 1. The van der Waals surface area contributed by atoms with Crippen LogP contribution in [0.3, 0.4) is 0 Å². The maximum absolute atomic E-state index is 13.5. The van der Waals surface area contributed by atoms with Gasteiger partial charge in [-0.2, -0.15) is 13.2 Å². The van der Waals surface area contributed by atoms with Gasteiger partial charge in [-0.25, -0.2) is 0 Å². The van der Waals surface area contributed by atoms with Crippen LogP contribution in [0.5, 0.6) is 0 Å². The Bertz CT molecular complexity index is 943. The molecule has 2 saturated heterocycles. The van der Waals surface area contributed by atoms with Crippen molar-refractivity contribution < 1.29 is 18.3 Å². The molecule has 0 spiro atoms. The second-order valence-corrected chi connectivity index (χ2v) is 10.4. The number of aliphatic hydroxyl groups excluding tert-OH is 1. The van der Waals surface area contributed by atoms with Gasteiger partial charge in [0.1, 0.15) is 0 Å². The first-order chi connectivity index (χ1) is 13.8. The Morgan fingerprint density at radius 3 is 2.62 bits per heavy atom. The number of H-pyrrole nitrogens is 1. The summed E-state index contributed by atoms with van der Waals surface area (Å²) < 4.78 is 40.6. The largest absolute Gasteiger partial charge is 0.417 e. The van der Waals surface area contributed by atoms with Crippen molar-refractivity contribution in [3.8, 4) is 0 Å². The summed E-state index contributed by atoms with van der Waals surface area (Å²) >= 11 is 3.53. The first-order valence-electron chi connectivity index (χ1n) is 9.69. The van der Waals surface area contributed by atoms with Crippen LogP contribution >= 0.6 is 23.5 Å². The minimum Gasteiger partial charge on any atom is -0.389 e. The summed E-state index contributed by atoms with van der Waals surface area (Å²) in [5.41, 5.74) is -0.891. The SMILES string of the molecule is C[C@@H]1CC[C@H]([C@@H](O)C2SCCCS2)N1c1ccc2[nH]c(=O)cc(C(F)(F)F)c2c1. The van der Waals surface area contributed by atoms with Crippen molar-refractivity contribution in [1.82, 2.24) is 4.98 Å². The highest BCUT2D eigenvalue weighted by Crippen LogP contribution is 2.41. The molecule has 4 nitrogen and oxygen atoms in total. The monoisotopic (exact) mass is 444 g/mol. The van der Waals surface area contributed by atoms with Crippen molar-refractivity contribution in [3.63, 3.8) is 0 Å². The molecule has 3 atom stereocenters. The van der Waals surface area contributed by atoms with Gasteiger partial charge in [-0.15, -0.1) is 23.5 Å². The van der Waals surface area contributed by atoms with Gasteiger partial charge in [-0.1, -0.05) is 0 Å². The van der Waals surface area contributed by atoms with Crippen LogP contribution in [0.1, 0.15) is 31.7 Å². The molecule has 29 heavy (non-hydrogen) atoms. The van der Waals surface area contributed by atoms with Crippen molar-refractivity contribution in [3.05, 3.63) is 40.2 Å². The normalized spacial score (nSPS) is 24.9. The van der Waals surface area contributed by atoms with Gasteiger partial charge in [0.15, 0.2) is 0 Å². The van der Waals surface area contributed by atoms with Crippen LogP contribution in [-0.2, 0) is 6.18 Å². The van der Waals surface area contributed by atoms with Gasteiger partial charge >= 0.3 is 6.18 Å². The van der Waals surface area contributed by atoms with E-state index < -0.39 is 23.4 Å². The molecule has 2 fully saturated rings. The molecule has 0 bridgehead atoms. The van der Waals surface area contributed by atoms with Gasteiger partial charge in [0.25, 0.3) is 0 Å². The number of pyridine rings is 1. The number of nitrogens with one attached hydrogen (secondary N) is 1. The highest BCUT2D eigenvalue weighted by atomic mass is 32.2. The van der Waals surface area contributed by atoms with Gasteiger partial charge in [0.2, 0.25) is 5.56 Å². The minimum atomic E-state index is -4.62. The number of rotatable bonds is 3. The number of aromatic nitrogens is 1. The average Bonchev–Trinajstić information content (AvgIpc) is 3.07. The van der Waals surface area contributed by atoms with Gasteiger partial charge in [-0.05, 0) is 55.9 Å². The van der Waals surface area contributed by atoms with E-state index in [1.807, 2.05) is 6.92 Å². The van der Waals surface area contributed by atoms with E-state index in [1.54, 1.807) is 29.6 Å². The predicted octanol–water partition coefficient (Wildman–Crippen LogP) is 4.46. The molecule has 1 aromatic heterocycles. The van der Waals surface area contributed by atoms with Crippen LogP contribution in [0.2, 0.25) is 0 Å². The molecule has 2 aliphatic heterocycles. The molecule has 158 valence electrons. The Hall–Kier alpha value is -1.32. The van der Waals surface area contributed by atoms with E-state index in [0.717, 1.165) is 30.8 Å². The quantitative estimate of drug-likeness (QED) is 0.732. The van der Waals surface area contributed by atoms with Crippen molar-refractivity contribution in [2.45, 2.75) is 55.1 Å². The van der Waals surface area contributed by atoms with E-state index in [4.69, 9.17) is 0 Å². The zero-order valence-corrected chi connectivity index (χ0v) is 17.5. The van der Waals surface area contributed by atoms with Gasteiger partial charge in [0.05, 0.1) is 22.3 Å². The smallest absolute Gasteiger partial charge is 0.389 e. The molecule has 0 amide bonds. The van der Waals surface area contributed by atoms with Crippen molar-refractivity contribution >= 4 is 40.1 Å². The Morgan fingerprint density at radius 1 is 1.21 bits per heavy atom. The number of thioether (sulfide) groups is 2. The average molecular weight is 445 g/mol. The Labute approximate surface area is 175 Å². The number of fused-ring (bicyclic) bond motifs is 1. The first-order valence-corrected chi connectivity index (χ1v) is 11.8. The second-order valence-electron chi connectivity index (χ2n) is 7.63. The van der Waals surface area contributed by atoms with Crippen LogP contribution in [0.4, 0.5) is 18.9 Å². The molecule has 1 aromatic carbocycles. The number of alkyl halides is 3. The van der Waals surface area contributed by atoms with Crippen LogP contribution in [0.25, 0.3) is 10.9 Å². The zero-order chi connectivity index (χ0) is 20.8. The maximum Gasteiger partial charge on any atom is 0.417 e. The van der Waals surface area contributed by atoms with Crippen molar-refractivity contribution in [1.29, 1.82) is 0 Å². The number of nitrogens with zero attached hydrogens (tertiary/aromatic N) is 1. The lowest BCUT2D eigenvalue weighted by Gasteiger charge is -2.37. The fraction of sp³-hybridized carbons (Fsp3) is 0.550. The topological polar surface area (TPSA) is 56.3 Å². The lowest BCUT2D eigenvalue weighted by atomic mass is 10.1. The second kappa shape index (κ2) is 8.07. The summed E-state index contributed by atoms with van der Waals surface area (Å²) in [6, 6.07) is 5.35. The molecule has 2 N–H and O–H groups in total. The summed E-state index contributed by atoms with van der Waals surface area (Å²) in [4.78, 5) is 16.2. The number of aromatic amines is 1. The Morgan fingerprint density at radius 2 is 1.93 bits per heavy atom. The highest BCUT2D eigenvalue weighted by molar-refractivity contribution is 8.17. The molecule has 4 rings (SSSR count). The fourth-order valence-corrected chi connectivity index (χ4v) is 7.31. The number of aliphatic hydroxyl groups is 1. The van der Waals surface area contributed by atoms with E-state index in [0.29, 0.717) is 11.8 Å². The van der Waals surface area contributed by atoms with E-state index in [1.165, 1.54) is 12.1 Å². The van der Waals surface area contributed by atoms with E-state index >= 15 is 0 Å². The zero-order valence-electron chi connectivity index (χ0n) is 15.9.